The molecular weight excluding hydrogens is 314 g/mol. The number of carbonyl (C=O) groups is 1. The van der Waals surface area contributed by atoms with Crippen LogP contribution >= 0.6 is 11.8 Å². The lowest BCUT2D eigenvalue weighted by Gasteiger charge is -2.11. The van der Waals surface area contributed by atoms with Crippen molar-refractivity contribution in [3.63, 3.8) is 0 Å². The van der Waals surface area contributed by atoms with E-state index in [2.05, 4.69) is 20.8 Å². The van der Waals surface area contributed by atoms with Crippen LogP contribution < -0.4 is 10.1 Å². The Morgan fingerprint density at radius 2 is 2.09 bits per heavy atom. The van der Waals surface area contributed by atoms with E-state index in [9.17, 15) is 4.79 Å². The quantitative estimate of drug-likeness (QED) is 0.812. The average molecular weight is 333 g/mol. The molecule has 0 atom stereocenters. The van der Waals surface area contributed by atoms with Crippen molar-refractivity contribution in [1.82, 2.24) is 25.5 Å². The van der Waals surface area contributed by atoms with Crippen molar-refractivity contribution >= 4 is 17.7 Å². The maximum Gasteiger partial charge on any atom is 0.230 e. The first-order valence-corrected chi connectivity index (χ1v) is 8.60. The van der Waals surface area contributed by atoms with Crippen LogP contribution in [0.15, 0.2) is 29.4 Å². The molecule has 1 aliphatic rings. The van der Waals surface area contributed by atoms with Crippen molar-refractivity contribution < 1.29 is 9.53 Å². The molecular formula is C15H19N5O2S. The van der Waals surface area contributed by atoms with Crippen molar-refractivity contribution in [2.24, 2.45) is 0 Å². The Balaban J connectivity index is 1.60. The summed E-state index contributed by atoms with van der Waals surface area (Å²) in [6.45, 7) is 0. The minimum absolute atomic E-state index is 0.0335. The van der Waals surface area contributed by atoms with Crippen molar-refractivity contribution in [2.45, 2.75) is 36.9 Å². The van der Waals surface area contributed by atoms with E-state index in [0.717, 1.165) is 24.3 Å². The van der Waals surface area contributed by atoms with Crippen molar-refractivity contribution in [3.8, 4) is 11.4 Å². The van der Waals surface area contributed by atoms with E-state index in [-0.39, 0.29) is 5.91 Å². The van der Waals surface area contributed by atoms with E-state index in [1.165, 1.54) is 24.6 Å². The number of benzene rings is 1. The number of hydrogen-bond acceptors (Lipinski definition) is 6. The first-order valence-electron chi connectivity index (χ1n) is 7.61. The Kier molecular flexibility index (Phi) is 5.12. The van der Waals surface area contributed by atoms with Gasteiger partial charge in [0.05, 0.1) is 18.6 Å². The largest absolute Gasteiger partial charge is 0.497 e. The van der Waals surface area contributed by atoms with Gasteiger partial charge in [0.15, 0.2) is 0 Å². The second-order valence-electron chi connectivity index (χ2n) is 5.41. The van der Waals surface area contributed by atoms with Crippen LogP contribution in [0.4, 0.5) is 0 Å². The summed E-state index contributed by atoms with van der Waals surface area (Å²) in [5.41, 5.74) is 0.828. The predicted molar refractivity (Wildman–Crippen MR) is 86.8 cm³/mol. The Morgan fingerprint density at radius 1 is 1.35 bits per heavy atom. The molecule has 1 aromatic heterocycles. The molecule has 1 amide bonds. The molecule has 8 heteroatoms. The summed E-state index contributed by atoms with van der Waals surface area (Å²) >= 11 is 1.33. The number of tetrazole rings is 1. The van der Waals surface area contributed by atoms with Crippen LogP contribution in [-0.2, 0) is 4.79 Å². The summed E-state index contributed by atoms with van der Waals surface area (Å²) in [7, 11) is 1.62. The smallest absolute Gasteiger partial charge is 0.230 e. The van der Waals surface area contributed by atoms with Gasteiger partial charge < -0.3 is 10.1 Å². The first-order chi connectivity index (χ1) is 11.3. The topological polar surface area (TPSA) is 81.9 Å². The highest BCUT2D eigenvalue weighted by Crippen LogP contribution is 2.21. The number of nitrogens with zero attached hydrogens (tertiary/aromatic N) is 4. The summed E-state index contributed by atoms with van der Waals surface area (Å²) in [4.78, 5) is 12.0. The Labute approximate surface area is 138 Å². The number of aromatic nitrogens is 4. The van der Waals surface area contributed by atoms with Crippen molar-refractivity contribution in [3.05, 3.63) is 24.3 Å². The lowest BCUT2D eigenvalue weighted by molar-refractivity contribution is -0.119. The zero-order valence-corrected chi connectivity index (χ0v) is 13.8. The van der Waals surface area contributed by atoms with Gasteiger partial charge >= 0.3 is 0 Å². The van der Waals surface area contributed by atoms with E-state index < -0.39 is 0 Å². The molecule has 1 fully saturated rings. The van der Waals surface area contributed by atoms with Gasteiger partial charge in [-0.05, 0) is 47.5 Å². The first kappa shape index (κ1) is 15.8. The van der Waals surface area contributed by atoms with Gasteiger partial charge in [0.1, 0.15) is 5.75 Å². The minimum atomic E-state index is 0.0335. The molecule has 0 spiro atoms. The van der Waals surface area contributed by atoms with Gasteiger partial charge in [0.2, 0.25) is 11.1 Å². The third-order valence-corrected chi connectivity index (χ3v) is 4.73. The van der Waals surface area contributed by atoms with Gasteiger partial charge in [0, 0.05) is 6.04 Å². The number of hydrogen-bond donors (Lipinski definition) is 1. The summed E-state index contributed by atoms with van der Waals surface area (Å²) in [5, 5.41) is 15.3. The maximum atomic E-state index is 12.0. The van der Waals surface area contributed by atoms with Crippen LogP contribution in [0.2, 0.25) is 0 Å². The standard InChI is InChI=1S/C15H19N5O2S/c1-22-13-8-6-12(7-9-13)20-15(17-18-19-20)23-10-14(21)16-11-4-2-3-5-11/h6-9,11H,2-5,10H2,1H3,(H,16,21). The van der Waals surface area contributed by atoms with Gasteiger partial charge in [-0.15, -0.1) is 5.10 Å². The van der Waals surface area contributed by atoms with Crippen LogP contribution in [0.1, 0.15) is 25.7 Å². The van der Waals surface area contributed by atoms with Gasteiger partial charge in [-0.1, -0.05) is 24.6 Å². The molecule has 1 saturated carbocycles. The van der Waals surface area contributed by atoms with Crippen LogP contribution in [-0.4, -0.2) is 45.0 Å². The highest BCUT2D eigenvalue weighted by Gasteiger charge is 2.18. The summed E-state index contributed by atoms with van der Waals surface area (Å²) < 4.78 is 6.76. The number of carbonyl (C=O) groups excluding carboxylic acids is 1. The van der Waals surface area contributed by atoms with Gasteiger partial charge in [0.25, 0.3) is 0 Å². The van der Waals surface area contributed by atoms with Crippen LogP contribution in [0.5, 0.6) is 5.75 Å². The molecule has 1 heterocycles. The third-order valence-electron chi connectivity index (χ3n) is 3.81. The highest BCUT2D eigenvalue weighted by atomic mass is 32.2. The fourth-order valence-corrected chi connectivity index (χ4v) is 3.33. The van der Waals surface area contributed by atoms with E-state index in [1.807, 2.05) is 24.3 Å². The molecule has 0 aliphatic heterocycles. The molecule has 0 radical (unpaired) electrons. The molecule has 1 N–H and O–H groups in total. The number of methoxy groups -OCH3 is 1. The fraction of sp³-hybridized carbons (Fsp3) is 0.467. The fourth-order valence-electron chi connectivity index (χ4n) is 2.62. The molecule has 122 valence electrons. The number of ether oxygens (including phenoxy) is 1. The SMILES string of the molecule is COc1ccc(-n2nnnc2SCC(=O)NC2CCCC2)cc1. The number of amides is 1. The van der Waals surface area contributed by atoms with E-state index in [1.54, 1.807) is 11.8 Å². The molecule has 2 aromatic rings. The lowest BCUT2D eigenvalue weighted by Crippen LogP contribution is -2.33. The van der Waals surface area contributed by atoms with Crippen LogP contribution in [0, 0.1) is 0 Å². The van der Waals surface area contributed by atoms with E-state index in [0.29, 0.717) is 17.0 Å². The molecule has 1 aliphatic carbocycles. The third kappa shape index (κ3) is 4.01. The summed E-state index contributed by atoms with van der Waals surface area (Å²) in [5.74, 6) is 1.12. The van der Waals surface area contributed by atoms with Crippen molar-refractivity contribution in [1.29, 1.82) is 0 Å². The maximum absolute atomic E-state index is 12.0. The Morgan fingerprint density at radius 3 is 2.78 bits per heavy atom. The lowest BCUT2D eigenvalue weighted by atomic mass is 10.2. The Bertz CT molecular complexity index is 652. The normalized spacial score (nSPS) is 14.8. The zero-order valence-electron chi connectivity index (χ0n) is 12.9. The molecule has 3 rings (SSSR count). The van der Waals surface area contributed by atoms with Gasteiger partial charge in [-0.25, -0.2) is 0 Å². The second kappa shape index (κ2) is 7.45. The van der Waals surface area contributed by atoms with Gasteiger partial charge in [-0.2, -0.15) is 4.68 Å². The average Bonchev–Trinajstić information content (AvgIpc) is 3.24. The number of thioether (sulfide) groups is 1. The summed E-state index contributed by atoms with van der Waals surface area (Å²) in [6, 6.07) is 7.77. The van der Waals surface area contributed by atoms with Crippen LogP contribution in [0.3, 0.4) is 0 Å². The second-order valence-corrected chi connectivity index (χ2v) is 6.35. The number of nitrogens with one attached hydrogen (secondary N) is 1. The molecule has 0 unspecified atom stereocenters. The monoisotopic (exact) mass is 333 g/mol. The zero-order chi connectivity index (χ0) is 16.1. The molecule has 0 saturated heterocycles. The molecule has 1 aromatic carbocycles. The molecule has 0 bridgehead atoms. The highest BCUT2D eigenvalue weighted by molar-refractivity contribution is 7.99. The summed E-state index contributed by atoms with van der Waals surface area (Å²) in [6.07, 6.45) is 4.57. The molecule has 23 heavy (non-hydrogen) atoms. The van der Waals surface area contributed by atoms with Gasteiger partial charge in [-0.3, -0.25) is 4.79 Å². The van der Waals surface area contributed by atoms with E-state index in [4.69, 9.17) is 4.74 Å². The minimum Gasteiger partial charge on any atom is -0.497 e. The van der Waals surface area contributed by atoms with Crippen LogP contribution in [0.25, 0.3) is 5.69 Å². The molecule has 7 nitrogen and oxygen atoms in total. The van der Waals surface area contributed by atoms with Crippen molar-refractivity contribution in [2.75, 3.05) is 12.9 Å². The van der Waals surface area contributed by atoms with E-state index >= 15 is 0 Å². The predicted octanol–water partition coefficient (Wildman–Crippen LogP) is 1.82. The number of rotatable bonds is 6. The Hall–Kier alpha value is -2.09.